The molecule has 0 N–H and O–H groups in total. The second-order valence-corrected chi connectivity index (χ2v) is 13.9. The molecule has 2 nitrogen and oxygen atoms in total. The first-order chi connectivity index (χ1) is 25.8. The summed E-state index contributed by atoms with van der Waals surface area (Å²) in [6.45, 7) is 0. The molecule has 0 fully saturated rings. The Kier molecular flexibility index (Phi) is 8.72. The Hall–Kier alpha value is -6.12. The number of allylic oxidation sites excluding steroid dienone is 5. The van der Waals surface area contributed by atoms with Gasteiger partial charge < -0.3 is 9.80 Å². The second kappa shape index (κ2) is 14.2. The third-order valence-corrected chi connectivity index (χ3v) is 10.7. The third-order valence-electron chi connectivity index (χ3n) is 10.7. The van der Waals surface area contributed by atoms with Gasteiger partial charge in [0.1, 0.15) is 0 Å². The largest absolute Gasteiger partial charge is 0.338 e. The molecule has 7 aromatic rings. The smallest absolute Gasteiger partial charge is 0.0519 e. The van der Waals surface area contributed by atoms with Gasteiger partial charge in [-0.25, -0.2) is 0 Å². The van der Waals surface area contributed by atoms with Crippen molar-refractivity contribution in [2.24, 2.45) is 0 Å². The molecule has 2 aliphatic carbocycles. The molecule has 0 bridgehead atoms. The van der Waals surface area contributed by atoms with Crippen molar-refractivity contribution in [3.63, 3.8) is 0 Å². The van der Waals surface area contributed by atoms with E-state index in [0.29, 0.717) is 6.04 Å². The SMILES string of the molecule is C1=CC(N(C2=CC=C(c3c4ccccc4c(-c4ccc(N(c5ccccc5)c5ccccc5)cc4)c4ccccc34)CC2)c2ccccc2)CCC1. The van der Waals surface area contributed by atoms with E-state index in [0.717, 1.165) is 29.9 Å². The molecule has 0 amide bonds. The van der Waals surface area contributed by atoms with Gasteiger partial charge in [0.05, 0.1) is 6.04 Å². The molecule has 7 aromatic carbocycles. The van der Waals surface area contributed by atoms with E-state index in [4.69, 9.17) is 0 Å². The zero-order valence-electron chi connectivity index (χ0n) is 29.4. The Morgan fingerprint density at radius 3 is 1.44 bits per heavy atom. The highest BCUT2D eigenvalue weighted by Gasteiger charge is 2.25. The van der Waals surface area contributed by atoms with Crippen molar-refractivity contribution in [3.8, 4) is 11.1 Å². The van der Waals surface area contributed by atoms with Crippen LogP contribution in [0.3, 0.4) is 0 Å². The Labute approximate surface area is 307 Å². The quantitative estimate of drug-likeness (QED) is 0.117. The molecule has 2 heteroatoms. The lowest BCUT2D eigenvalue weighted by Gasteiger charge is -2.36. The number of rotatable bonds is 8. The van der Waals surface area contributed by atoms with Crippen LogP contribution in [0.4, 0.5) is 22.7 Å². The molecular weight excluding hydrogens is 629 g/mol. The first-order valence-corrected chi connectivity index (χ1v) is 18.7. The fourth-order valence-corrected chi connectivity index (χ4v) is 8.37. The molecule has 52 heavy (non-hydrogen) atoms. The van der Waals surface area contributed by atoms with Crippen LogP contribution in [-0.2, 0) is 0 Å². The van der Waals surface area contributed by atoms with Crippen LogP contribution < -0.4 is 9.80 Å². The van der Waals surface area contributed by atoms with Gasteiger partial charge >= 0.3 is 0 Å². The van der Waals surface area contributed by atoms with Crippen LogP contribution in [0.15, 0.2) is 194 Å². The topological polar surface area (TPSA) is 6.48 Å². The summed E-state index contributed by atoms with van der Waals surface area (Å²) >= 11 is 0. The van der Waals surface area contributed by atoms with Crippen molar-refractivity contribution >= 4 is 49.9 Å². The predicted octanol–water partition coefficient (Wildman–Crippen LogP) is 13.8. The molecular formula is C50H42N2. The van der Waals surface area contributed by atoms with Gasteiger partial charge in [-0.15, -0.1) is 0 Å². The minimum absolute atomic E-state index is 0.400. The van der Waals surface area contributed by atoms with Crippen molar-refractivity contribution in [2.75, 3.05) is 9.80 Å². The van der Waals surface area contributed by atoms with Gasteiger partial charge in [0, 0.05) is 28.4 Å². The van der Waals surface area contributed by atoms with Gasteiger partial charge in [-0.05, 0) is 131 Å². The van der Waals surface area contributed by atoms with Crippen LogP contribution in [0, 0.1) is 0 Å². The van der Waals surface area contributed by atoms with Gasteiger partial charge in [0.2, 0.25) is 0 Å². The van der Waals surface area contributed by atoms with E-state index < -0.39 is 0 Å². The summed E-state index contributed by atoms with van der Waals surface area (Å²) in [6.07, 6.45) is 15.2. The molecule has 252 valence electrons. The van der Waals surface area contributed by atoms with Crippen LogP contribution in [0.2, 0.25) is 0 Å². The summed E-state index contributed by atoms with van der Waals surface area (Å²) in [4.78, 5) is 4.91. The number of fused-ring (bicyclic) bond motifs is 2. The highest BCUT2D eigenvalue weighted by molar-refractivity contribution is 6.19. The van der Waals surface area contributed by atoms with Crippen LogP contribution >= 0.6 is 0 Å². The lowest BCUT2D eigenvalue weighted by Crippen LogP contribution is -2.34. The van der Waals surface area contributed by atoms with E-state index >= 15 is 0 Å². The zero-order valence-corrected chi connectivity index (χ0v) is 29.4. The van der Waals surface area contributed by atoms with Crippen LogP contribution in [0.25, 0.3) is 38.2 Å². The molecule has 0 aliphatic heterocycles. The third kappa shape index (κ3) is 6.01. The van der Waals surface area contributed by atoms with Crippen molar-refractivity contribution in [1.29, 1.82) is 0 Å². The standard InChI is InChI=1S/C50H42N2/c1-5-17-39(18-6-1)51(40-19-7-2-8-20-40)43-33-29-37(30-34-43)49-45-25-13-15-27-47(45)50(48-28-16-14-26-46(48)49)38-31-35-44(36-32-38)52(41-21-9-3-10-22-41)42-23-11-4-12-24-42/h1-3,5-11,13-23,25-31,33-35,42H,4,12,24,32,36H2. The Morgan fingerprint density at radius 1 is 0.442 bits per heavy atom. The number of para-hydroxylation sites is 3. The molecule has 0 spiro atoms. The summed E-state index contributed by atoms with van der Waals surface area (Å²) in [5.41, 5.74) is 11.4. The maximum Gasteiger partial charge on any atom is 0.0519 e. The molecule has 2 aliphatic rings. The lowest BCUT2D eigenvalue weighted by molar-refractivity contribution is 0.608. The van der Waals surface area contributed by atoms with Crippen molar-refractivity contribution in [2.45, 2.75) is 38.1 Å². The molecule has 1 unspecified atom stereocenters. The lowest BCUT2D eigenvalue weighted by atomic mass is 9.83. The Morgan fingerprint density at radius 2 is 0.942 bits per heavy atom. The minimum Gasteiger partial charge on any atom is -0.338 e. The molecule has 9 rings (SSSR count). The predicted molar refractivity (Wildman–Crippen MR) is 223 cm³/mol. The van der Waals surface area contributed by atoms with E-state index in [9.17, 15) is 0 Å². The number of hydrogen-bond acceptors (Lipinski definition) is 2. The Balaban J connectivity index is 1.14. The molecule has 0 saturated heterocycles. The minimum atomic E-state index is 0.400. The van der Waals surface area contributed by atoms with Gasteiger partial charge in [-0.3, -0.25) is 0 Å². The van der Waals surface area contributed by atoms with E-state index in [1.54, 1.807) is 0 Å². The summed E-state index contributed by atoms with van der Waals surface area (Å²) < 4.78 is 0. The van der Waals surface area contributed by atoms with E-state index in [2.05, 4.69) is 198 Å². The zero-order chi connectivity index (χ0) is 34.7. The Bertz CT molecular complexity index is 2330. The molecule has 1 atom stereocenters. The fourth-order valence-electron chi connectivity index (χ4n) is 8.37. The number of hydrogen-bond donors (Lipinski definition) is 0. The maximum atomic E-state index is 2.59. The summed E-state index contributed by atoms with van der Waals surface area (Å²) in [5, 5.41) is 5.21. The molecule has 0 aromatic heterocycles. The van der Waals surface area contributed by atoms with Gasteiger partial charge in [-0.1, -0.05) is 133 Å². The van der Waals surface area contributed by atoms with Crippen LogP contribution in [-0.4, -0.2) is 6.04 Å². The highest BCUT2D eigenvalue weighted by Crippen LogP contribution is 2.45. The fraction of sp³-hybridized carbons (Fsp3) is 0.120. The van der Waals surface area contributed by atoms with Gasteiger partial charge in [0.15, 0.2) is 0 Å². The first-order valence-electron chi connectivity index (χ1n) is 18.7. The normalized spacial score (nSPS) is 15.7. The second-order valence-electron chi connectivity index (χ2n) is 13.9. The summed E-state index contributed by atoms with van der Waals surface area (Å²) in [7, 11) is 0. The van der Waals surface area contributed by atoms with Crippen molar-refractivity contribution in [1.82, 2.24) is 0 Å². The number of anilines is 4. The number of benzene rings is 7. The average Bonchev–Trinajstić information content (AvgIpc) is 3.22. The highest BCUT2D eigenvalue weighted by atomic mass is 15.2. The van der Waals surface area contributed by atoms with Crippen molar-refractivity contribution in [3.05, 3.63) is 199 Å². The van der Waals surface area contributed by atoms with Crippen LogP contribution in [0.1, 0.15) is 37.7 Å². The summed E-state index contributed by atoms with van der Waals surface area (Å²) in [6, 6.07) is 59.8. The monoisotopic (exact) mass is 670 g/mol. The first kappa shape index (κ1) is 31.8. The van der Waals surface area contributed by atoms with Crippen LogP contribution in [0.5, 0.6) is 0 Å². The van der Waals surface area contributed by atoms with E-state index in [1.165, 1.54) is 74.5 Å². The van der Waals surface area contributed by atoms with E-state index in [-0.39, 0.29) is 0 Å². The van der Waals surface area contributed by atoms with Gasteiger partial charge in [0.25, 0.3) is 0 Å². The number of nitrogens with zero attached hydrogens (tertiary/aromatic N) is 2. The molecule has 0 heterocycles. The van der Waals surface area contributed by atoms with Gasteiger partial charge in [-0.2, -0.15) is 0 Å². The summed E-state index contributed by atoms with van der Waals surface area (Å²) in [5.74, 6) is 0. The molecule has 0 radical (unpaired) electrons. The molecule has 0 saturated carbocycles. The van der Waals surface area contributed by atoms with E-state index in [1.807, 2.05) is 0 Å². The maximum absolute atomic E-state index is 2.59. The average molecular weight is 671 g/mol. The van der Waals surface area contributed by atoms with Crippen molar-refractivity contribution < 1.29 is 0 Å².